The van der Waals surface area contributed by atoms with Crippen molar-refractivity contribution in [2.24, 2.45) is 5.10 Å². The lowest BCUT2D eigenvalue weighted by Gasteiger charge is -2.03. The Labute approximate surface area is 142 Å². The molecule has 8 heteroatoms. The van der Waals surface area contributed by atoms with Crippen molar-refractivity contribution in [2.75, 3.05) is 5.43 Å². The number of carboxylic acid groups (broad SMARTS) is 1. The summed E-state index contributed by atoms with van der Waals surface area (Å²) in [6.45, 7) is 0. The highest BCUT2D eigenvalue weighted by Gasteiger charge is 2.09. The van der Waals surface area contributed by atoms with E-state index in [4.69, 9.17) is 16.7 Å². The van der Waals surface area contributed by atoms with Gasteiger partial charge in [0.05, 0.1) is 26.8 Å². The number of aromatic carboxylic acids is 1. The molecule has 2 rings (SSSR count). The molecule has 0 radical (unpaired) electrons. The maximum atomic E-state index is 11.0. The van der Waals surface area contributed by atoms with Crippen molar-refractivity contribution in [2.45, 2.75) is 0 Å². The molecule has 2 N–H and O–H groups in total. The number of nitro benzene ring substituents is 1. The number of para-hydroxylation sites is 1. The predicted molar refractivity (Wildman–Crippen MR) is 92.7 cm³/mol. The molecule has 0 atom stereocenters. The van der Waals surface area contributed by atoms with Gasteiger partial charge in [-0.2, -0.15) is 5.10 Å². The third-order valence-electron chi connectivity index (χ3n) is 2.96. The molecule has 0 aliphatic carbocycles. The molecule has 0 aliphatic heterocycles. The van der Waals surface area contributed by atoms with Crippen molar-refractivity contribution >= 4 is 41.2 Å². The van der Waals surface area contributed by atoms with Crippen molar-refractivity contribution < 1.29 is 14.8 Å². The number of rotatable bonds is 6. The molecule has 0 fully saturated rings. The third kappa shape index (κ3) is 4.40. The number of anilines is 1. The molecule has 0 aromatic heterocycles. The van der Waals surface area contributed by atoms with Gasteiger partial charge >= 0.3 is 5.97 Å². The summed E-state index contributed by atoms with van der Waals surface area (Å²) < 4.78 is 0. The minimum Gasteiger partial charge on any atom is -0.478 e. The van der Waals surface area contributed by atoms with Crippen LogP contribution >= 0.6 is 11.6 Å². The third-order valence-corrected chi connectivity index (χ3v) is 3.29. The average Bonchev–Trinajstić information content (AvgIpc) is 2.56. The Kier molecular flexibility index (Phi) is 5.64. The summed E-state index contributed by atoms with van der Waals surface area (Å²) in [5, 5.41) is 23.9. The van der Waals surface area contributed by atoms with E-state index in [0.29, 0.717) is 11.3 Å². The Morgan fingerprint density at radius 2 is 2.04 bits per heavy atom. The van der Waals surface area contributed by atoms with Crippen LogP contribution in [0.4, 0.5) is 11.4 Å². The van der Waals surface area contributed by atoms with Gasteiger partial charge in [0.25, 0.3) is 5.69 Å². The van der Waals surface area contributed by atoms with E-state index in [-0.39, 0.29) is 16.3 Å². The Hall–Kier alpha value is -3.19. The van der Waals surface area contributed by atoms with Gasteiger partial charge in [0.1, 0.15) is 0 Å². The molecule has 0 amide bonds. The van der Waals surface area contributed by atoms with Crippen LogP contribution < -0.4 is 5.43 Å². The predicted octanol–water partition coefficient (Wildman–Crippen LogP) is 4.06. The first-order chi connectivity index (χ1) is 11.5. The highest BCUT2D eigenvalue weighted by Crippen LogP contribution is 2.21. The number of nitrogens with zero attached hydrogens (tertiary/aromatic N) is 2. The quantitative estimate of drug-likeness (QED) is 0.466. The van der Waals surface area contributed by atoms with Gasteiger partial charge in [0, 0.05) is 12.3 Å². The number of hydrogen-bond donors (Lipinski definition) is 2. The monoisotopic (exact) mass is 345 g/mol. The molecule has 0 aliphatic rings. The Morgan fingerprint density at radius 1 is 1.29 bits per heavy atom. The van der Waals surface area contributed by atoms with Crippen LogP contribution in [0.25, 0.3) is 6.08 Å². The summed E-state index contributed by atoms with van der Waals surface area (Å²) in [6.07, 6.45) is 4.48. The van der Waals surface area contributed by atoms with Crippen LogP contribution in [0.5, 0.6) is 0 Å². The van der Waals surface area contributed by atoms with Crippen LogP contribution in [0.2, 0.25) is 5.02 Å². The second-order valence-electron chi connectivity index (χ2n) is 4.56. The number of allylic oxidation sites excluding steroid dienone is 1. The molecule has 0 unspecified atom stereocenters. The molecule has 0 spiro atoms. The zero-order valence-electron chi connectivity index (χ0n) is 12.2. The van der Waals surface area contributed by atoms with Crippen LogP contribution in [0.3, 0.4) is 0 Å². The van der Waals surface area contributed by atoms with Crippen molar-refractivity contribution in [1.82, 2.24) is 0 Å². The van der Waals surface area contributed by atoms with Gasteiger partial charge in [0.2, 0.25) is 0 Å². The summed E-state index contributed by atoms with van der Waals surface area (Å²) in [7, 11) is 0. The van der Waals surface area contributed by atoms with Crippen molar-refractivity contribution in [3.63, 3.8) is 0 Å². The molecule has 122 valence electrons. The summed E-state index contributed by atoms with van der Waals surface area (Å²) in [5.41, 5.74) is 3.52. The summed E-state index contributed by atoms with van der Waals surface area (Å²) >= 11 is 5.77. The molecule has 24 heavy (non-hydrogen) atoms. The van der Waals surface area contributed by atoms with Gasteiger partial charge in [-0.15, -0.1) is 0 Å². The van der Waals surface area contributed by atoms with E-state index >= 15 is 0 Å². The smallest absolute Gasteiger partial charge is 0.337 e. The SMILES string of the molecule is O=C(O)c1cc(N/N=C/C=C/c2ccccc2[N+](=O)[O-])ccc1Cl. The van der Waals surface area contributed by atoms with Gasteiger partial charge in [-0.05, 0) is 36.4 Å². The Balaban J connectivity index is 2.04. The first kappa shape index (κ1) is 17.2. The number of hydrogen-bond acceptors (Lipinski definition) is 5. The van der Waals surface area contributed by atoms with E-state index in [9.17, 15) is 14.9 Å². The highest BCUT2D eigenvalue weighted by molar-refractivity contribution is 6.33. The largest absolute Gasteiger partial charge is 0.478 e. The fraction of sp³-hybridized carbons (Fsp3) is 0. The number of halogens is 1. The van der Waals surface area contributed by atoms with Gasteiger partial charge < -0.3 is 5.11 Å². The Morgan fingerprint density at radius 3 is 2.75 bits per heavy atom. The molecule has 2 aromatic rings. The number of hydrazone groups is 1. The van der Waals surface area contributed by atoms with Crippen LogP contribution in [-0.4, -0.2) is 22.2 Å². The van der Waals surface area contributed by atoms with Gasteiger partial charge in [-0.3, -0.25) is 15.5 Å². The first-order valence-corrected chi connectivity index (χ1v) is 7.09. The molecular formula is C16H12ClN3O4. The normalized spacial score (nSPS) is 11.0. The lowest BCUT2D eigenvalue weighted by atomic mass is 10.1. The molecule has 7 nitrogen and oxygen atoms in total. The second-order valence-corrected chi connectivity index (χ2v) is 4.97. The summed E-state index contributed by atoms with van der Waals surface area (Å²) in [5.74, 6) is -1.14. The van der Waals surface area contributed by atoms with Crippen molar-refractivity contribution in [3.8, 4) is 0 Å². The lowest BCUT2D eigenvalue weighted by Crippen LogP contribution is -1.99. The fourth-order valence-electron chi connectivity index (χ4n) is 1.85. The molecule has 0 saturated heterocycles. The van der Waals surface area contributed by atoms with Crippen LogP contribution in [0.15, 0.2) is 53.6 Å². The zero-order chi connectivity index (χ0) is 17.5. The number of carbonyl (C=O) groups is 1. The number of nitro groups is 1. The second kappa shape index (κ2) is 7.89. The minimum absolute atomic E-state index is 0.00101. The van der Waals surface area contributed by atoms with Crippen LogP contribution in [0.1, 0.15) is 15.9 Å². The molecule has 2 aromatic carbocycles. The van der Waals surface area contributed by atoms with Gasteiger partial charge in [0.15, 0.2) is 0 Å². The average molecular weight is 346 g/mol. The zero-order valence-corrected chi connectivity index (χ0v) is 13.0. The molecular weight excluding hydrogens is 334 g/mol. The van der Waals surface area contributed by atoms with E-state index < -0.39 is 10.9 Å². The van der Waals surface area contributed by atoms with E-state index in [1.54, 1.807) is 30.3 Å². The summed E-state index contributed by atoms with van der Waals surface area (Å²) in [4.78, 5) is 21.4. The number of carboxylic acids is 1. The minimum atomic E-state index is -1.14. The van der Waals surface area contributed by atoms with Gasteiger partial charge in [-0.25, -0.2) is 4.79 Å². The van der Waals surface area contributed by atoms with Crippen molar-refractivity contribution in [1.29, 1.82) is 0 Å². The lowest BCUT2D eigenvalue weighted by molar-refractivity contribution is -0.385. The molecule has 0 heterocycles. The maximum absolute atomic E-state index is 11.0. The first-order valence-electron chi connectivity index (χ1n) is 6.71. The molecule has 0 bridgehead atoms. The van der Waals surface area contributed by atoms with E-state index in [1.807, 2.05) is 0 Å². The number of benzene rings is 2. The Bertz CT molecular complexity index is 834. The standard InChI is InChI=1S/C16H12ClN3O4/c17-14-8-7-12(10-13(14)16(21)22)19-18-9-3-5-11-4-1-2-6-15(11)20(23)24/h1-10,19H,(H,21,22)/b5-3+,18-9+. The van der Waals surface area contributed by atoms with Crippen molar-refractivity contribution in [3.05, 3.63) is 74.8 Å². The molecule has 0 saturated carbocycles. The van der Waals surface area contributed by atoms with Gasteiger partial charge in [-0.1, -0.05) is 23.7 Å². The summed E-state index contributed by atoms with van der Waals surface area (Å²) in [6, 6.07) is 10.7. The highest BCUT2D eigenvalue weighted by atomic mass is 35.5. The van der Waals surface area contributed by atoms with E-state index in [0.717, 1.165) is 0 Å². The van der Waals surface area contributed by atoms with E-state index in [1.165, 1.54) is 30.5 Å². The van der Waals surface area contributed by atoms with E-state index in [2.05, 4.69) is 10.5 Å². The number of nitrogens with one attached hydrogen (secondary N) is 1. The van der Waals surface area contributed by atoms with Crippen LogP contribution in [0, 0.1) is 10.1 Å². The topological polar surface area (TPSA) is 105 Å². The maximum Gasteiger partial charge on any atom is 0.337 e. The fourth-order valence-corrected chi connectivity index (χ4v) is 2.05. The van der Waals surface area contributed by atoms with Crippen LogP contribution in [-0.2, 0) is 0 Å².